The Hall–Kier alpha value is -0.780. The van der Waals surface area contributed by atoms with Crippen LogP contribution in [0.3, 0.4) is 0 Å². The van der Waals surface area contributed by atoms with Crippen LogP contribution in [0.2, 0.25) is 0 Å². The SMILES string of the molecule is CC(C)=CCC[C@](C)(O[C@H]1O[C@@H](CO)[C@H](O)[C@@H](O)[C@@H]1O)[C@@H]1CC[C@]2(C)[C@H]1[C@@H](O)C[C@H]1[C@@]3(C)CC[C@H](O[C@H]4O[C@@H](CO)[C@H](O)[C@@H](O)[C@@H]4O)C(C)(C)[C@@H]3CC[C@@]12C. The van der Waals surface area contributed by atoms with Gasteiger partial charge in [-0.15, -0.1) is 0 Å². The molecule has 0 aromatic carbocycles. The summed E-state index contributed by atoms with van der Waals surface area (Å²) in [5.41, 5.74) is -0.592. The van der Waals surface area contributed by atoms with Gasteiger partial charge in [-0.3, -0.25) is 0 Å². The van der Waals surface area contributed by atoms with Crippen molar-refractivity contribution in [2.45, 2.75) is 192 Å². The lowest BCUT2D eigenvalue weighted by Crippen LogP contribution is -2.67. The van der Waals surface area contributed by atoms with Crippen LogP contribution in [-0.2, 0) is 18.9 Å². The van der Waals surface area contributed by atoms with Gasteiger partial charge in [0.15, 0.2) is 12.6 Å². The van der Waals surface area contributed by atoms with Crippen molar-refractivity contribution in [2.75, 3.05) is 13.2 Å². The van der Waals surface area contributed by atoms with E-state index in [9.17, 15) is 46.0 Å². The summed E-state index contributed by atoms with van der Waals surface area (Å²) in [5, 5.41) is 95.9. The molecule has 13 nitrogen and oxygen atoms in total. The van der Waals surface area contributed by atoms with Crippen LogP contribution < -0.4 is 0 Å². The first-order valence-corrected chi connectivity index (χ1v) is 20.9. The number of allylic oxidation sites excluding steroid dienone is 2. The molecule has 4 saturated carbocycles. The molecular weight excluding hydrogens is 712 g/mol. The van der Waals surface area contributed by atoms with Gasteiger partial charge >= 0.3 is 0 Å². The number of aliphatic hydroxyl groups is 9. The van der Waals surface area contributed by atoms with Gasteiger partial charge in [-0.1, -0.05) is 46.3 Å². The molecular formula is C42H72O13. The van der Waals surface area contributed by atoms with Crippen LogP contribution >= 0.6 is 0 Å². The van der Waals surface area contributed by atoms with Crippen LogP contribution in [0.5, 0.6) is 0 Å². The van der Waals surface area contributed by atoms with Gasteiger partial charge in [-0.05, 0) is 124 Å². The standard InChI is InChI=1S/C42H72O13/c1-21(2)10-9-14-42(8,55-37-35(51)33(49)31(47)25(20-44)53-37)22-11-16-41(7)29(22)23(45)18-27-39(5)15-13-28(38(3,4)26(39)12-17-40(27,41)6)54-36-34(50)32(48)30(46)24(19-43)52-36/h10,22-37,43-51H,9,11-20H2,1-8H3/t22-,23+,24+,25+,26+,27+,28+,29-,30+,31+,32-,33-,34+,35+,36-,37-,39+,40+,41-,42+/m1/s1. The van der Waals surface area contributed by atoms with Gasteiger partial charge in [0.2, 0.25) is 0 Å². The Morgan fingerprint density at radius 1 is 0.709 bits per heavy atom. The van der Waals surface area contributed by atoms with Gasteiger partial charge in [-0.2, -0.15) is 0 Å². The maximum Gasteiger partial charge on any atom is 0.187 e. The predicted octanol–water partition coefficient (Wildman–Crippen LogP) is 2.15. The van der Waals surface area contributed by atoms with Gasteiger partial charge in [0, 0.05) is 0 Å². The second-order valence-electron chi connectivity index (χ2n) is 20.1. The van der Waals surface area contributed by atoms with E-state index in [0.29, 0.717) is 25.7 Å². The van der Waals surface area contributed by atoms with Crippen LogP contribution in [0.25, 0.3) is 0 Å². The lowest BCUT2D eigenvalue weighted by atomic mass is 9.35. The molecule has 2 aliphatic heterocycles. The summed E-state index contributed by atoms with van der Waals surface area (Å²) in [6.45, 7) is 16.6. The fourth-order valence-corrected chi connectivity index (χ4v) is 13.4. The Morgan fingerprint density at radius 2 is 1.27 bits per heavy atom. The highest BCUT2D eigenvalue weighted by molar-refractivity contribution is 5.20. The van der Waals surface area contributed by atoms with Crippen molar-refractivity contribution in [3.05, 3.63) is 11.6 Å². The maximum atomic E-state index is 12.5. The molecule has 0 amide bonds. The third-order valence-corrected chi connectivity index (χ3v) is 16.7. The third kappa shape index (κ3) is 7.10. The summed E-state index contributed by atoms with van der Waals surface area (Å²) in [6.07, 6.45) is -5.39. The molecule has 9 N–H and O–H groups in total. The molecule has 4 aliphatic carbocycles. The van der Waals surface area contributed by atoms with E-state index in [0.717, 1.165) is 32.1 Å². The molecule has 2 heterocycles. The highest BCUT2D eigenvalue weighted by atomic mass is 16.7. The van der Waals surface area contributed by atoms with Gasteiger partial charge in [0.05, 0.1) is 31.0 Å². The van der Waals surface area contributed by atoms with Crippen LogP contribution in [0, 0.1) is 45.3 Å². The Labute approximate surface area is 327 Å². The Morgan fingerprint density at radius 3 is 1.85 bits per heavy atom. The Bertz CT molecular complexity index is 1370. The molecule has 0 aromatic rings. The normalized spacial score (nSPS) is 52.0. The van der Waals surface area contributed by atoms with Crippen molar-refractivity contribution < 1.29 is 64.9 Å². The van der Waals surface area contributed by atoms with Crippen LogP contribution in [0.1, 0.15) is 113 Å². The second-order valence-corrected chi connectivity index (χ2v) is 20.1. The Balaban J connectivity index is 1.26. The minimum Gasteiger partial charge on any atom is -0.394 e. The fraction of sp³-hybridized carbons (Fsp3) is 0.952. The first-order chi connectivity index (χ1) is 25.6. The summed E-state index contributed by atoms with van der Waals surface area (Å²) in [4.78, 5) is 0. The van der Waals surface area contributed by atoms with Crippen LogP contribution in [-0.4, -0.2) is 138 Å². The van der Waals surface area contributed by atoms with Crippen molar-refractivity contribution in [1.82, 2.24) is 0 Å². The largest absolute Gasteiger partial charge is 0.394 e. The molecule has 2 saturated heterocycles. The van der Waals surface area contributed by atoms with E-state index < -0.39 is 86.3 Å². The highest BCUT2D eigenvalue weighted by Crippen LogP contribution is 2.76. The van der Waals surface area contributed by atoms with Gasteiger partial charge in [0.1, 0.15) is 48.8 Å². The molecule has 318 valence electrons. The first kappa shape index (κ1) is 43.8. The lowest BCUT2D eigenvalue weighted by Gasteiger charge is -2.71. The number of aliphatic hydroxyl groups excluding tert-OH is 9. The molecule has 20 atom stereocenters. The Kier molecular flexibility index (Phi) is 12.5. The molecule has 55 heavy (non-hydrogen) atoms. The molecule has 0 unspecified atom stereocenters. The molecule has 6 rings (SSSR count). The second kappa shape index (κ2) is 15.7. The zero-order valence-electron chi connectivity index (χ0n) is 34.3. The summed E-state index contributed by atoms with van der Waals surface area (Å²) in [7, 11) is 0. The van der Waals surface area contributed by atoms with Gasteiger partial charge in [-0.25, -0.2) is 0 Å². The van der Waals surface area contributed by atoms with E-state index in [-0.39, 0.29) is 51.4 Å². The number of hydrogen-bond acceptors (Lipinski definition) is 13. The quantitative estimate of drug-likeness (QED) is 0.115. The molecule has 6 fully saturated rings. The van der Waals surface area contributed by atoms with E-state index in [1.54, 1.807) is 0 Å². The van der Waals surface area contributed by atoms with Crippen molar-refractivity contribution in [1.29, 1.82) is 0 Å². The topological polar surface area (TPSA) is 219 Å². The van der Waals surface area contributed by atoms with Crippen molar-refractivity contribution in [2.24, 2.45) is 45.3 Å². The third-order valence-electron chi connectivity index (χ3n) is 16.7. The fourth-order valence-electron chi connectivity index (χ4n) is 13.4. The predicted molar refractivity (Wildman–Crippen MR) is 201 cm³/mol. The summed E-state index contributed by atoms with van der Waals surface area (Å²) in [5.74, 6) is 0.196. The zero-order chi connectivity index (χ0) is 40.6. The van der Waals surface area contributed by atoms with Crippen molar-refractivity contribution >= 4 is 0 Å². The molecule has 6 aliphatic rings. The highest BCUT2D eigenvalue weighted by Gasteiger charge is 2.72. The van der Waals surface area contributed by atoms with Crippen molar-refractivity contribution in [3.63, 3.8) is 0 Å². The molecule has 0 spiro atoms. The number of rotatable bonds is 10. The summed E-state index contributed by atoms with van der Waals surface area (Å²) < 4.78 is 24.9. The average Bonchev–Trinajstić information content (AvgIpc) is 3.51. The maximum absolute atomic E-state index is 12.5. The first-order valence-electron chi connectivity index (χ1n) is 20.9. The van der Waals surface area contributed by atoms with E-state index in [1.165, 1.54) is 5.57 Å². The number of fused-ring (bicyclic) bond motifs is 5. The van der Waals surface area contributed by atoms with Crippen LogP contribution in [0.4, 0.5) is 0 Å². The summed E-state index contributed by atoms with van der Waals surface area (Å²) >= 11 is 0. The minimum absolute atomic E-state index is 0.104. The van der Waals surface area contributed by atoms with E-state index in [2.05, 4.69) is 40.7 Å². The van der Waals surface area contributed by atoms with Gasteiger partial charge < -0.3 is 64.9 Å². The van der Waals surface area contributed by atoms with E-state index in [1.807, 2.05) is 20.8 Å². The molecule has 0 bridgehead atoms. The average molecular weight is 785 g/mol. The molecule has 0 aromatic heterocycles. The molecule has 0 radical (unpaired) electrons. The summed E-state index contributed by atoms with van der Waals surface area (Å²) in [6, 6.07) is 0. The molecule has 13 heteroatoms. The zero-order valence-corrected chi connectivity index (χ0v) is 34.3. The van der Waals surface area contributed by atoms with Crippen LogP contribution in [0.15, 0.2) is 11.6 Å². The monoisotopic (exact) mass is 784 g/mol. The van der Waals surface area contributed by atoms with E-state index in [4.69, 9.17) is 18.9 Å². The smallest absolute Gasteiger partial charge is 0.187 e. The minimum atomic E-state index is -1.55. The lowest BCUT2D eigenvalue weighted by molar-refractivity contribution is -0.338. The van der Waals surface area contributed by atoms with Gasteiger partial charge in [0.25, 0.3) is 0 Å². The van der Waals surface area contributed by atoms with Crippen molar-refractivity contribution in [3.8, 4) is 0 Å². The van der Waals surface area contributed by atoms with E-state index >= 15 is 0 Å². The number of ether oxygens (including phenoxy) is 4. The number of hydrogen-bond donors (Lipinski definition) is 9.